The van der Waals surface area contributed by atoms with Crippen molar-refractivity contribution >= 4 is 29.4 Å². The lowest BCUT2D eigenvalue weighted by Gasteiger charge is -2.25. The number of fused-ring (bicyclic) bond motifs is 1. The van der Waals surface area contributed by atoms with Crippen LogP contribution in [0.2, 0.25) is 0 Å². The van der Waals surface area contributed by atoms with E-state index in [1.54, 1.807) is 55.5 Å². The lowest BCUT2D eigenvalue weighted by Crippen LogP contribution is -2.40. The molecule has 0 N–H and O–H groups in total. The second-order valence-electron chi connectivity index (χ2n) is 8.16. The number of hydrogen-bond donors (Lipinski definition) is 0. The molecule has 5 rings (SSSR count). The summed E-state index contributed by atoms with van der Waals surface area (Å²) in [4.78, 5) is 44.0. The molecule has 3 aromatic heterocycles. The maximum absolute atomic E-state index is 13.6. The molecule has 0 saturated carbocycles. The Morgan fingerprint density at radius 1 is 1.05 bits per heavy atom. The van der Waals surface area contributed by atoms with Crippen molar-refractivity contribution in [2.45, 2.75) is 13.0 Å². The van der Waals surface area contributed by atoms with Gasteiger partial charge in [-0.3, -0.25) is 9.36 Å². The van der Waals surface area contributed by atoms with Crippen molar-refractivity contribution in [3.8, 4) is 5.75 Å². The van der Waals surface area contributed by atoms with Gasteiger partial charge in [0.05, 0.1) is 41.0 Å². The molecule has 1 aromatic carbocycles. The normalized spacial score (nSPS) is 15.2. The van der Waals surface area contributed by atoms with Gasteiger partial charge in [-0.2, -0.15) is 0 Å². The predicted octanol–water partition coefficient (Wildman–Crippen LogP) is 2.83. The number of aromatic nitrogens is 1. The first-order valence-electron chi connectivity index (χ1n) is 11.5. The molecule has 0 bridgehead atoms. The van der Waals surface area contributed by atoms with E-state index >= 15 is 0 Å². The minimum Gasteiger partial charge on any atom is -0.465 e. The number of furan rings is 2. The third-order valence-electron chi connectivity index (χ3n) is 5.71. The van der Waals surface area contributed by atoms with Gasteiger partial charge in [0.25, 0.3) is 5.56 Å². The molecule has 10 nitrogen and oxygen atoms in total. The Labute approximate surface area is 219 Å². The molecule has 0 saturated heterocycles. The number of allylic oxidation sites excluding steroid dienone is 1. The van der Waals surface area contributed by atoms with Crippen LogP contribution in [0.4, 0.5) is 0 Å². The van der Waals surface area contributed by atoms with Gasteiger partial charge in [0, 0.05) is 13.2 Å². The zero-order valence-electron chi connectivity index (χ0n) is 20.4. The van der Waals surface area contributed by atoms with E-state index in [1.165, 1.54) is 41.6 Å². The zero-order chi connectivity index (χ0) is 26.6. The van der Waals surface area contributed by atoms with Gasteiger partial charge in [-0.15, -0.1) is 0 Å². The molecule has 0 spiro atoms. The number of thiazole rings is 1. The second kappa shape index (κ2) is 10.9. The third kappa shape index (κ3) is 5.01. The van der Waals surface area contributed by atoms with Crippen LogP contribution in [0.25, 0.3) is 6.08 Å². The lowest BCUT2D eigenvalue weighted by atomic mass is 9.96. The zero-order valence-corrected chi connectivity index (χ0v) is 21.2. The smallest absolute Gasteiger partial charge is 0.379 e. The molecule has 4 heterocycles. The maximum atomic E-state index is 13.6. The van der Waals surface area contributed by atoms with Crippen molar-refractivity contribution in [2.75, 3.05) is 20.3 Å². The summed E-state index contributed by atoms with van der Waals surface area (Å²) >= 11 is 1.19. The van der Waals surface area contributed by atoms with Crippen LogP contribution in [0.1, 0.15) is 34.8 Å². The molecule has 194 valence electrons. The van der Waals surface area contributed by atoms with Crippen LogP contribution in [-0.2, 0) is 14.3 Å². The maximum Gasteiger partial charge on any atom is 0.379 e. The van der Waals surface area contributed by atoms with E-state index in [-0.39, 0.29) is 35.9 Å². The number of ether oxygens (including phenoxy) is 3. The number of carbonyl (C=O) groups is 2. The van der Waals surface area contributed by atoms with Crippen LogP contribution in [0.15, 0.2) is 90.9 Å². The topological polar surface area (TPSA) is 122 Å². The number of methoxy groups -OCH3 is 1. The minimum absolute atomic E-state index is 0.0451. The Bertz CT molecular complexity index is 1660. The van der Waals surface area contributed by atoms with E-state index in [0.717, 1.165) is 0 Å². The number of rotatable bonds is 8. The standard InChI is InChI=1S/C27H22N2O8S/c1-16-22(26(32)36-14-13-33-2)23(17-7-9-18(10-8-17)37-25(31)20-6-4-12-35-20)29-24(30)21(38-27(29)28-16)15-19-5-3-11-34-19/h3-12,15,23H,13-14H2,1-2H3/b21-15+. The molecule has 38 heavy (non-hydrogen) atoms. The number of benzene rings is 1. The van der Waals surface area contributed by atoms with E-state index in [9.17, 15) is 14.4 Å². The van der Waals surface area contributed by atoms with Gasteiger partial charge in [0.1, 0.15) is 18.1 Å². The summed E-state index contributed by atoms with van der Waals surface area (Å²) in [6, 6.07) is 12.3. The summed E-state index contributed by atoms with van der Waals surface area (Å²) in [5, 5.41) is 0. The summed E-state index contributed by atoms with van der Waals surface area (Å²) in [5.74, 6) is -0.402. The van der Waals surface area contributed by atoms with Crippen LogP contribution in [0.3, 0.4) is 0 Å². The highest BCUT2D eigenvalue weighted by molar-refractivity contribution is 7.07. The van der Waals surface area contributed by atoms with Crippen LogP contribution in [0, 0.1) is 0 Å². The molecule has 0 radical (unpaired) electrons. The van der Waals surface area contributed by atoms with Gasteiger partial charge in [-0.25, -0.2) is 14.6 Å². The number of esters is 2. The van der Waals surface area contributed by atoms with Gasteiger partial charge >= 0.3 is 11.9 Å². The molecule has 1 aliphatic rings. The Morgan fingerprint density at radius 3 is 2.50 bits per heavy atom. The fourth-order valence-electron chi connectivity index (χ4n) is 3.97. The fraction of sp³-hybridized carbons (Fsp3) is 0.185. The molecular formula is C27H22N2O8S. The van der Waals surface area contributed by atoms with Crippen molar-refractivity contribution in [2.24, 2.45) is 4.99 Å². The van der Waals surface area contributed by atoms with Gasteiger partial charge < -0.3 is 23.0 Å². The monoisotopic (exact) mass is 534 g/mol. The first kappa shape index (κ1) is 25.2. The fourth-order valence-corrected chi connectivity index (χ4v) is 4.99. The highest BCUT2D eigenvalue weighted by atomic mass is 32.1. The summed E-state index contributed by atoms with van der Waals surface area (Å²) < 4.78 is 28.1. The SMILES string of the molecule is COCCOC(=O)C1=C(C)N=c2s/c(=C/c3ccco3)c(=O)n2C1c1ccc(OC(=O)c2ccco2)cc1. The summed E-state index contributed by atoms with van der Waals surface area (Å²) in [5.41, 5.74) is 0.912. The molecule has 0 aliphatic carbocycles. The number of nitrogens with zero attached hydrogens (tertiary/aromatic N) is 2. The minimum atomic E-state index is -0.824. The van der Waals surface area contributed by atoms with Crippen molar-refractivity contribution in [1.29, 1.82) is 0 Å². The molecule has 0 fully saturated rings. The van der Waals surface area contributed by atoms with Gasteiger partial charge in [0.15, 0.2) is 4.80 Å². The lowest BCUT2D eigenvalue weighted by molar-refractivity contribution is -0.140. The molecule has 11 heteroatoms. The van der Waals surface area contributed by atoms with Gasteiger partial charge in [-0.05, 0) is 48.9 Å². The highest BCUT2D eigenvalue weighted by Crippen LogP contribution is 2.31. The predicted molar refractivity (Wildman–Crippen MR) is 135 cm³/mol. The Kier molecular flexibility index (Phi) is 7.20. The molecule has 1 atom stereocenters. The van der Waals surface area contributed by atoms with Crippen molar-refractivity contribution in [3.05, 3.63) is 109 Å². The Morgan fingerprint density at radius 2 is 1.82 bits per heavy atom. The van der Waals surface area contributed by atoms with Crippen molar-refractivity contribution in [3.63, 3.8) is 0 Å². The van der Waals surface area contributed by atoms with Crippen LogP contribution in [0.5, 0.6) is 5.75 Å². The molecule has 4 aromatic rings. The van der Waals surface area contributed by atoms with Crippen molar-refractivity contribution < 1.29 is 32.6 Å². The van der Waals surface area contributed by atoms with Crippen molar-refractivity contribution in [1.82, 2.24) is 4.57 Å². The van der Waals surface area contributed by atoms with E-state index < -0.39 is 18.0 Å². The van der Waals surface area contributed by atoms with E-state index in [2.05, 4.69) is 4.99 Å². The molecular weight excluding hydrogens is 512 g/mol. The van der Waals surface area contributed by atoms with Crippen LogP contribution < -0.4 is 19.6 Å². The molecule has 0 amide bonds. The van der Waals surface area contributed by atoms with Crippen LogP contribution in [-0.4, -0.2) is 36.8 Å². The highest BCUT2D eigenvalue weighted by Gasteiger charge is 2.33. The largest absolute Gasteiger partial charge is 0.465 e. The average molecular weight is 535 g/mol. The Balaban J connectivity index is 1.56. The van der Waals surface area contributed by atoms with Crippen LogP contribution >= 0.6 is 11.3 Å². The average Bonchev–Trinajstić information content (AvgIpc) is 3.67. The van der Waals surface area contributed by atoms with Gasteiger partial charge in [-0.1, -0.05) is 23.5 Å². The van der Waals surface area contributed by atoms with E-state index in [0.29, 0.717) is 26.4 Å². The molecule has 1 aliphatic heterocycles. The number of hydrogen-bond acceptors (Lipinski definition) is 10. The van der Waals surface area contributed by atoms with E-state index in [4.69, 9.17) is 23.0 Å². The second-order valence-corrected chi connectivity index (χ2v) is 9.17. The summed E-state index contributed by atoms with van der Waals surface area (Å²) in [6.45, 7) is 1.97. The summed E-state index contributed by atoms with van der Waals surface area (Å²) in [7, 11) is 1.51. The molecule has 1 unspecified atom stereocenters. The first-order valence-corrected chi connectivity index (χ1v) is 12.4. The summed E-state index contributed by atoms with van der Waals surface area (Å²) in [6.07, 6.45) is 4.53. The van der Waals surface area contributed by atoms with E-state index in [1.807, 2.05) is 0 Å². The quantitative estimate of drug-likeness (QED) is 0.192. The Hall–Kier alpha value is -4.48. The van der Waals surface area contributed by atoms with Gasteiger partial charge in [0.2, 0.25) is 5.76 Å². The number of carbonyl (C=O) groups excluding carboxylic acids is 2. The third-order valence-corrected chi connectivity index (χ3v) is 6.69. The first-order chi connectivity index (χ1) is 18.5.